The number of hydrogen-bond donors (Lipinski definition) is 0. The number of aryl methyl sites for hydroxylation is 1. The van der Waals surface area contributed by atoms with E-state index in [1.807, 2.05) is 13.0 Å². The average Bonchev–Trinajstić information content (AvgIpc) is 2.52. The first-order valence-corrected chi connectivity index (χ1v) is 9.58. The summed E-state index contributed by atoms with van der Waals surface area (Å²) in [6, 6.07) is 5.28. The number of nitrogens with zero attached hydrogens (tertiary/aromatic N) is 2. The number of sulfonamides is 1. The third-order valence-electron chi connectivity index (χ3n) is 3.99. The molecule has 1 saturated heterocycles. The predicted octanol–water partition coefficient (Wildman–Crippen LogP) is 1.78. The molecule has 1 aromatic carbocycles. The molecule has 1 aliphatic rings. The third-order valence-corrected chi connectivity index (χ3v) is 5.12. The summed E-state index contributed by atoms with van der Waals surface area (Å²) in [5, 5.41) is 0. The van der Waals surface area contributed by atoms with Crippen molar-refractivity contribution in [1.29, 1.82) is 0 Å². The minimum absolute atomic E-state index is 0.168. The van der Waals surface area contributed by atoms with Crippen LogP contribution in [0.4, 0.5) is 5.69 Å². The van der Waals surface area contributed by atoms with Crippen LogP contribution in [-0.2, 0) is 14.8 Å². The first kappa shape index (κ1) is 17.6. The van der Waals surface area contributed by atoms with Gasteiger partial charge in [0, 0.05) is 13.1 Å². The van der Waals surface area contributed by atoms with Gasteiger partial charge < -0.3 is 9.64 Å². The number of amides is 1. The van der Waals surface area contributed by atoms with Gasteiger partial charge in [0.05, 0.1) is 19.1 Å². The number of likely N-dealkylation sites (tertiary alicyclic amines) is 1. The van der Waals surface area contributed by atoms with Gasteiger partial charge in [-0.3, -0.25) is 9.10 Å². The Morgan fingerprint density at radius 3 is 2.48 bits per heavy atom. The van der Waals surface area contributed by atoms with E-state index in [1.54, 1.807) is 17.0 Å². The number of benzene rings is 1. The van der Waals surface area contributed by atoms with Crippen LogP contribution in [0.15, 0.2) is 18.2 Å². The standard InChI is InChI=1S/C16H24N2O4S/c1-13-7-8-15(22-2)14(11-13)18(23(3,20)21)12-16(19)17-9-5-4-6-10-17/h7-8,11H,4-6,9-10,12H2,1-3H3. The van der Waals surface area contributed by atoms with Gasteiger partial charge >= 0.3 is 0 Å². The molecular weight excluding hydrogens is 316 g/mol. The lowest BCUT2D eigenvalue weighted by Gasteiger charge is -2.30. The van der Waals surface area contributed by atoms with Crippen molar-refractivity contribution in [2.24, 2.45) is 0 Å². The highest BCUT2D eigenvalue weighted by Crippen LogP contribution is 2.31. The third kappa shape index (κ3) is 4.37. The maximum Gasteiger partial charge on any atom is 0.243 e. The minimum Gasteiger partial charge on any atom is -0.495 e. The maximum atomic E-state index is 12.5. The molecule has 0 aromatic heterocycles. The summed E-state index contributed by atoms with van der Waals surface area (Å²) >= 11 is 0. The van der Waals surface area contributed by atoms with Crippen molar-refractivity contribution in [2.75, 3.05) is 37.3 Å². The smallest absolute Gasteiger partial charge is 0.243 e. The zero-order chi connectivity index (χ0) is 17.0. The summed E-state index contributed by atoms with van der Waals surface area (Å²) < 4.78 is 30.9. The van der Waals surface area contributed by atoms with Gasteiger partial charge in [0.25, 0.3) is 0 Å². The van der Waals surface area contributed by atoms with E-state index in [4.69, 9.17) is 4.74 Å². The Balaban J connectivity index is 2.31. The number of piperidine rings is 1. The zero-order valence-electron chi connectivity index (χ0n) is 13.9. The molecule has 0 N–H and O–H groups in total. The Kier molecular flexibility index (Phi) is 5.51. The van der Waals surface area contributed by atoms with Gasteiger partial charge in [0.2, 0.25) is 15.9 Å². The Morgan fingerprint density at radius 1 is 1.26 bits per heavy atom. The molecule has 23 heavy (non-hydrogen) atoms. The first-order chi connectivity index (χ1) is 10.8. The number of anilines is 1. The fourth-order valence-corrected chi connectivity index (χ4v) is 3.59. The highest BCUT2D eigenvalue weighted by Gasteiger charge is 2.27. The molecule has 0 radical (unpaired) electrons. The van der Waals surface area contributed by atoms with E-state index < -0.39 is 10.0 Å². The molecule has 0 atom stereocenters. The predicted molar refractivity (Wildman–Crippen MR) is 90.4 cm³/mol. The van der Waals surface area contributed by atoms with E-state index in [2.05, 4.69) is 0 Å². The second-order valence-electron chi connectivity index (χ2n) is 5.89. The zero-order valence-corrected chi connectivity index (χ0v) is 14.7. The summed E-state index contributed by atoms with van der Waals surface area (Å²) in [6.45, 7) is 3.07. The molecule has 0 spiro atoms. The number of hydrogen-bond acceptors (Lipinski definition) is 4. The van der Waals surface area contributed by atoms with Gasteiger partial charge in [-0.15, -0.1) is 0 Å². The molecule has 1 aromatic rings. The van der Waals surface area contributed by atoms with Gasteiger partial charge in [-0.25, -0.2) is 8.42 Å². The van der Waals surface area contributed by atoms with Crippen LogP contribution < -0.4 is 9.04 Å². The summed E-state index contributed by atoms with van der Waals surface area (Å²) in [7, 11) is -2.11. The summed E-state index contributed by atoms with van der Waals surface area (Å²) in [5.41, 5.74) is 1.31. The Morgan fingerprint density at radius 2 is 1.91 bits per heavy atom. The fourth-order valence-electron chi connectivity index (χ4n) is 2.74. The van der Waals surface area contributed by atoms with E-state index in [9.17, 15) is 13.2 Å². The van der Waals surface area contributed by atoms with E-state index in [0.717, 1.165) is 35.4 Å². The molecule has 7 heteroatoms. The number of carbonyl (C=O) groups excluding carboxylic acids is 1. The van der Waals surface area contributed by atoms with Crippen LogP contribution in [0.1, 0.15) is 24.8 Å². The van der Waals surface area contributed by atoms with Crippen molar-refractivity contribution in [2.45, 2.75) is 26.2 Å². The molecule has 0 bridgehead atoms. The van der Waals surface area contributed by atoms with Crippen LogP contribution in [0.5, 0.6) is 5.75 Å². The lowest BCUT2D eigenvalue weighted by Crippen LogP contribution is -2.44. The summed E-state index contributed by atoms with van der Waals surface area (Å²) in [4.78, 5) is 14.2. The Labute approximate surface area is 138 Å². The van der Waals surface area contributed by atoms with Crippen molar-refractivity contribution < 1.29 is 17.9 Å². The van der Waals surface area contributed by atoms with Crippen molar-refractivity contribution in [1.82, 2.24) is 4.90 Å². The Hall–Kier alpha value is -1.76. The molecule has 2 rings (SSSR count). The number of rotatable bonds is 5. The van der Waals surface area contributed by atoms with Crippen molar-refractivity contribution in [3.05, 3.63) is 23.8 Å². The normalized spacial score (nSPS) is 15.3. The molecular formula is C16H24N2O4S. The second kappa shape index (κ2) is 7.21. The molecule has 128 valence electrons. The van der Waals surface area contributed by atoms with Crippen molar-refractivity contribution in [3.63, 3.8) is 0 Å². The number of ether oxygens (including phenoxy) is 1. The van der Waals surface area contributed by atoms with Gasteiger partial charge in [-0.1, -0.05) is 6.07 Å². The minimum atomic E-state index is -3.60. The first-order valence-electron chi connectivity index (χ1n) is 7.73. The van der Waals surface area contributed by atoms with Crippen LogP contribution >= 0.6 is 0 Å². The number of carbonyl (C=O) groups is 1. The highest BCUT2D eigenvalue weighted by molar-refractivity contribution is 7.92. The topological polar surface area (TPSA) is 66.9 Å². The van der Waals surface area contributed by atoms with Crippen LogP contribution in [0.2, 0.25) is 0 Å². The van der Waals surface area contributed by atoms with E-state index in [0.29, 0.717) is 24.5 Å². The fraction of sp³-hybridized carbons (Fsp3) is 0.562. The summed E-state index contributed by atoms with van der Waals surface area (Å²) in [6.07, 6.45) is 4.17. The van der Waals surface area contributed by atoms with Gasteiger partial charge in [0.15, 0.2) is 0 Å². The van der Waals surface area contributed by atoms with Gasteiger partial charge in [0.1, 0.15) is 12.3 Å². The molecule has 0 saturated carbocycles. The molecule has 1 amide bonds. The van der Waals surface area contributed by atoms with E-state index in [1.165, 1.54) is 7.11 Å². The average molecular weight is 340 g/mol. The Bertz CT molecular complexity index is 667. The van der Waals surface area contributed by atoms with Crippen LogP contribution in [0.25, 0.3) is 0 Å². The highest BCUT2D eigenvalue weighted by atomic mass is 32.2. The van der Waals surface area contributed by atoms with E-state index in [-0.39, 0.29) is 12.5 Å². The van der Waals surface area contributed by atoms with Crippen LogP contribution in [0.3, 0.4) is 0 Å². The second-order valence-corrected chi connectivity index (χ2v) is 7.79. The summed E-state index contributed by atoms with van der Waals surface area (Å²) in [5.74, 6) is 0.270. The van der Waals surface area contributed by atoms with Crippen LogP contribution in [0, 0.1) is 6.92 Å². The monoisotopic (exact) mass is 340 g/mol. The van der Waals surface area contributed by atoms with Crippen molar-refractivity contribution >= 4 is 21.6 Å². The molecule has 0 unspecified atom stereocenters. The molecule has 0 aliphatic carbocycles. The lowest BCUT2D eigenvalue weighted by molar-refractivity contribution is -0.130. The quantitative estimate of drug-likeness (QED) is 0.819. The van der Waals surface area contributed by atoms with E-state index >= 15 is 0 Å². The SMILES string of the molecule is COc1ccc(C)cc1N(CC(=O)N1CCCCC1)S(C)(=O)=O. The van der Waals surface area contributed by atoms with Gasteiger partial charge in [-0.2, -0.15) is 0 Å². The molecule has 1 aliphatic heterocycles. The molecule has 1 fully saturated rings. The van der Waals surface area contributed by atoms with Crippen LogP contribution in [-0.4, -0.2) is 52.2 Å². The van der Waals surface area contributed by atoms with Crippen molar-refractivity contribution in [3.8, 4) is 5.75 Å². The molecule has 6 nitrogen and oxygen atoms in total. The maximum absolute atomic E-state index is 12.5. The number of methoxy groups -OCH3 is 1. The largest absolute Gasteiger partial charge is 0.495 e. The van der Waals surface area contributed by atoms with Gasteiger partial charge in [-0.05, 0) is 43.9 Å². The lowest BCUT2D eigenvalue weighted by atomic mass is 10.1. The molecule has 1 heterocycles.